The molecule has 2 atom stereocenters. The van der Waals surface area contributed by atoms with Gasteiger partial charge in [0, 0.05) is 12.5 Å². The van der Waals surface area contributed by atoms with Crippen LogP contribution in [0.2, 0.25) is 5.15 Å². The monoisotopic (exact) mass is 315 g/mol. The first-order valence-corrected chi connectivity index (χ1v) is 7.69. The molecule has 0 spiro atoms. The molecular weight excluding hydrogens is 302 g/mol. The van der Waals surface area contributed by atoms with Crippen molar-refractivity contribution < 1.29 is 4.79 Å². The molecule has 2 aliphatic rings. The molecule has 0 aromatic carbocycles. The molecule has 1 aliphatic heterocycles. The van der Waals surface area contributed by atoms with Gasteiger partial charge in [-0.25, -0.2) is 9.50 Å². The van der Waals surface area contributed by atoms with Crippen molar-refractivity contribution in [1.82, 2.24) is 14.6 Å². The lowest BCUT2D eigenvalue weighted by atomic mass is 9.75. The molecule has 22 heavy (non-hydrogen) atoms. The van der Waals surface area contributed by atoms with Gasteiger partial charge in [0.05, 0.1) is 18.5 Å². The number of nitriles is 1. The van der Waals surface area contributed by atoms with Gasteiger partial charge in [-0.05, 0) is 24.8 Å². The molecule has 2 aromatic rings. The Morgan fingerprint density at radius 3 is 2.95 bits per heavy atom. The summed E-state index contributed by atoms with van der Waals surface area (Å²) in [6.07, 6.45) is 5.13. The van der Waals surface area contributed by atoms with E-state index in [2.05, 4.69) is 16.2 Å². The maximum Gasteiger partial charge on any atom is 0.249 e. The van der Waals surface area contributed by atoms with Crippen molar-refractivity contribution in [2.75, 3.05) is 11.4 Å². The second-order valence-corrected chi connectivity index (χ2v) is 6.51. The fourth-order valence-electron chi connectivity index (χ4n) is 3.56. The Morgan fingerprint density at radius 1 is 1.50 bits per heavy atom. The SMILES string of the molecule is C[C@@H]1CN(c2nc(Cl)cn3nccc23)C(=O)[C@]1(C#N)C1CC1. The highest BCUT2D eigenvalue weighted by atomic mass is 35.5. The topological polar surface area (TPSA) is 74.3 Å². The minimum Gasteiger partial charge on any atom is -0.293 e. The molecule has 6 nitrogen and oxygen atoms in total. The molecule has 7 heteroatoms. The quantitative estimate of drug-likeness (QED) is 0.852. The van der Waals surface area contributed by atoms with Crippen LogP contribution in [0.1, 0.15) is 19.8 Å². The molecule has 0 radical (unpaired) electrons. The number of hydrogen-bond acceptors (Lipinski definition) is 4. The largest absolute Gasteiger partial charge is 0.293 e. The van der Waals surface area contributed by atoms with Crippen molar-refractivity contribution >= 4 is 28.8 Å². The van der Waals surface area contributed by atoms with Gasteiger partial charge in [0.2, 0.25) is 5.91 Å². The summed E-state index contributed by atoms with van der Waals surface area (Å²) in [5, 5.41) is 14.1. The van der Waals surface area contributed by atoms with E-state index in [0.717, 1.165) is 18.4 Å². The summed E-state index contributed by atoms with van der Waals surface area (Å²) in [5.41, 5.74) is -0.199. The molecule has 3 heterocycles. The number of nitrogens with zero attached hydrogens (tertiary/aromatic N) is 5. The number of halogens is 1. The van der Waals surface area contributed by atoms with Crippen LogP contribution in [0.4, 0.5) is 5.82 Å². The average Bonchev–Trinajstić information content (AvgIpc) is 3.17. The van der Waals surface area contributed by atoms with E-state index in [-0.39, 0.29) is 22.9 Å². The van der Waals surface area contributed by atoms with Gasteiger partial charge in [-0.2, -0.15) is 10.4 Å². The molecule has 1 saturated carbocycles. The summed E-state index contributed by atoms with van der Waals surface area (Å²) in [6, 6.07) is 4.11. The summed E-state index contributed by atoms with van der Waals surface area (Å²) in [4.78, 5) is 18.9. The zero-order valence-electron chi connectivity index (χ0n) is 12.0. The highest BCUT2D eigenvalue weighted by Crippen LogP contribution is 2.54. The molecule has 0 unspecified atom stereocenters. The minimum atomic E-state index is -0.916. The third-order valence-corrected chi connectivity index (χ3v) is 5.02. The van der Waals surface area contributed by atoms with E-state index >= 15 is 0 Å². The number of aromatic nitrogens is 3. The second-order valence-electron chi connectivity index (χ2n) is 6.12. The molecule has 0 bridgehead atoms. The molecule has 1 aliphatic carbocycles. The van der Waals surface area contributed by atoms with E-state index in [4.69, 9.17) is 11.6 Å². The average molecular weight is 316 g/mol. The first-order chi connectivity index (χ1) is 10.6. The van der Waals surface area contributed by atoms with Crippen molar-refractivity contribution in [3.8, 4) is 6.07 Å². The number of carbonyl (C=O) groups excluding carboxylic acids is 1. The van der Waals surface area contributed by atoms with Gasteiger partial charge in [0.25, 0.3) is 0 Å². The Hall–Kier alpha value is -2.13. The van der Waals surface area contributed by atoms with Crippen LogP contribution < -0.4 is 4.90 Å². The van der Waals surface area contributed by atoms with E-state index < -0.39 is 5.41 Å². The van der Waals surface area contributed by atoms with Gasteiger partial charge >= 0.3 is 0 Å². The number of fused-ring (bicyclic) bond motifs is 1. The summed E-state index contributed by atoms with van der Waals surface area (Å²) in [5.74, 6) is 0.480. The van der Waals surface area contributed by atoms with Crippen molar-refractivity contribution in [3.63, 3.8) is 0 Å². The summed E-state index contributed by atoms with van der Waals surface area (Å²) in [7, 11) is 0. The maximum atomic E-state index is 13.0. The highest BCUT2D eigenvalue weighted by molar-refractivity contribution is 6.29. The van der Waals surface area contributed by atoms with Crippen molar-refractivity contribution in [1.29, 1.82) is 5.26 Å². The molecule has 2 aromatic heterocycles. The lowest BCUT2D eigenvalue weighted by molar-refractivity contribution is -0.124. The van der Waals surface area contributed by atoms with E-state index in [1.807, 2.05) is 6.92 Å². The Kier molecular flexibility index (Phi) is 2.73. The van der Waals surface area contributed by atoms with E-state index in [0.29, 0.717) is 12.4 Å². The predicted octanol–water partition coefficient (Wildman–Crippen LogP) is 2.29. The van der Waals surface area contributed by atoms with Gasteiger partial charge in [0.15, 0.2) is 5.82 Å². The van der Waals surface area contributed by atoms with Crippen LogP contribution in [0.3, 0.4) is 0 Å². The molecular formula is C15H14ClN5O. The molecule has 112 valence electrons. The number of amides is 1. The maximum absolute atomic E-state index is 13.0. The lowest BCUT2D eigenvalue weighted by Crippen LogP contribution is -2.37. The van der Waals surface area contributed by atoms with Crippen LogP contribution in [0, 0.1) is 28.6 Å². The van der Waals surface area contributed by atoms with Crippen LogP contribution in [-0.2, 0) is 4.79 Å². The normalized spacial score (nSPS) is 28.3. The first kappa shape index (κ1) is 13.5. The van der Waals surface area contributed by atoms with Crippen LogP contribution in [0.15, 0.2) is 18.5 Å². The summed E-state index contributed by atoms with van der Waals surface area (Å²) in [6.45, 7) is 2.45. The highest BCUT2D eigenvalue weighted by Gasteiger charge is 2.61. The van der Waals surface area contributed by atoms with Crippen LogP contribution in [0.5, 0.6) is 0 Å². The number of hydrogen-bond donors (Lipinski definition) is 0. The van der Waals surface area contributed by atoms with Gasteiger partial charge in [-0.3, -0.25) is 9.69 Å². The summed E-state index contributed by atoms with van der Waals surface area (Å²) < 4.78 is 1.60. The molecule has 4 rings (SSSR count). The predicted molar refractivity (Wildman–Crippen MR) is 80.3 cm³/mol. The number of rotatable bonds is 2. The summed E-state index contributed by atoms with van der Waals surface area (Å²) >= 11 is 6.05. The van der Waals surface area contributed by atoms with E-state index in [1.54, 1.807) is 27.9 Å². The fourth-order valence-corrected chi connectivity index (χ4v) is 3.74. The Balaban J connectivity index is 1.85. The molecule has 2 fully saturated rings. The molecule has 1 saturated heterocycles. The van der Waals surface area contributed by atoms with Crippen LogP contribution in [-0.4, -0.2) is 27.0 Å². The minimum absolute atomic E-state index is 0.0266. The first-order valence-electron chi connectivity index (χ1n) is 7.31. The second kappa shape index (κ2) is 4.43. The van der Waals surface area contributed by atoms with Crippen LogP contribution in [0.25, 0.3) is 5.52 Å². The third-order valence-electron chi connectivity index (χ3n) is 4.84. The fraction of sp³-hybridized carbons (Fsp3) is 0.467. The standard InChI is InChI=1S/C15H14ClN5O/c1-9-6-20(14(22)15(9,8-17)10-2-3-10)13-11-4-5-18-21(11)7-12(16)19-13/h4-5,7,9-10H,2-3,6H2,1H3/t9-,15+/m1/s1. The van der Waals surface area contributed by atoms with Gasteiger partial charge < -0.3 is 0 Å². The zero-order valence-corrected chi connectivity index (χ0v) is 12.8. The smallest absolute Gasteiger partial charge is 0.249 e. The van der Waals surface area contributed by atoms with Gasteiger partial charge in [-0.1, -0.05) is 18.5 Å². The van der Waals surface area contributed by atoms with Crippen molar-refractivity contribution in [3.05, 3.63) is 23.6 Å². The lowest BCUT2D eigenvalue weighted by Gasteiger charge is -2.22. The van der Waals surface area contributed by atoms with Crippen LogP contribution >= 0.6 is 11.6 Å². The van der Waals surface area contributed by atoms with E-state index in [1.165, 1.54) is 0 Å². The number of anilines is 1. The molecule has 0 N–H and O–H groups in total. The Morgan fingerprint density at radius 2 is 2.27 bits per heavy atom. The number of carbonyl (C=O) groups is 1. The van der Waals surface area contributed by atoms with Crippen molar-refractivity contribution in [2.24, 2.45) is 17.3 Å². The molecule has 1 amide bonds. The third kappa shape index (κ3) is 1.63. The van der Waals surface area contributed by atoms with Gasteiger partial charge in [-0.15, -0.1) is 0 Å². The Labute approximate surface area is 132 Å². The van der Waals surface area contributed by atoms with E-state index in [9.17, 15) is 10.1 Å². The Bertz CT molecular complexity index is 821. The van der Waals surface area contributed by atoms with Crippen molar-refractivity contribution in [2.45, 2.75) is 19.8 Å². The van der Waals surface area contributed by atoms with Gasteiger partial charge in [0.1, 0.15) is 16.1 Å². The zero-order chi connectivity index (χ0) is 15.5.